The number of aromatic nitrogens is 2. The first-order chi connectivity index (χ1) is 16.4. The average molecular weight is 474 g/mol. The summed E-state index contributed by atoms with van der Waals surface area (Å²) in [6.45, 7) is 6.00. The van der Waals surface area contributed by atoms with Crippen LogP contribution in [0.15, 0.2) is 48.5 Å². The van der Waals surface area contributed by atoms with Gasteiger partial charge in [-0.3, -0.25) is 4.79 Å². The van der Waals surface area contributed by atoms with E-state index in [0.717, 1.165) is 37.2 Å². The highest BCUT2D eigenvalue weighted by atomic mass is 35.5. The predicted octanol–water partition coefficient (Wildman–Crippen LogP) is 5.41. The van der Waals surface area contributed by atoms with Gasteiger partial charge in [0.1, 0.15) is 0 Å². The van der Waals surface area contributed by atoms with Crippen molar-refractivity contribution in [2.75, 3.05) is 23.3 Å². The molecule has 1 aromatic heterocycles. The molecule has 1 aliphatic heterocycles. The SMILES string of the molecule is CCc1nc(C(N)=O)c(Nc2ccc(N3CCC4(C=Cc5ccccc54)CC3)c(C)c2)nc1Cl. The smallest absolute Gasteiger partial charge is 0.271 e. The molecule has 1 fully saturated rings. The Balaban J connectivity index is 1.34. The molecule has 1 aliphatic carbocycles. The molecule has 6 nitrogen and oxygen atoms in total. The number of anilines is 3. The lowest BCUT2D eigenvalue weighted by atomic mass is 9.74. The molecule has 0 unspecified atom stereocenters. The van der Waals surface area contributed by atoms with Crippen LogP contribution in [0.4, 0.5) is 17.2 Å². The number of carbonyl (C=O) groups excluding carboxylic acids is 1. The van der Waals surface area contributed by atoms with Crippen molar-refractivity contribution < 1.29 is 4.79 Å². The minimum absolute atomic E-state index is 0.0919. The van der Waals surface area contributed by atoms with Gasteiger partial charge in [-0.2, -0.15) is 0 Å². The molecule has 7 heteroatoms. The minimum Gasteiger partial charge on any atom is -0.371 e. The zero-order valence-corrected chi connectivity index (χ0v) is 20.2. The highest BCUT2D eigenvalue weighted by Crippen LogP contribution is 2.44. The van der Waals surface area contributed by atoms with Crippen LogP contribution in [0.1, 0.15) is 52.6 Å². The molecule has 2 heterocycles. The highest BCUT2D eigenvalue weighted by Gasteiger charge is 2.38. The van der Waals surface area contributed by atoms with Crippen LogP contribution in [-0.4, -0.2) is 29.0 Å². The van der Waals surface area contributed by atoms with Crippen LogP contribution < -0.4 is 16.0 Å². The van der Waals surface area contributed by atoms with Crippen molar-refractivity contribution in [2.24, 2.45) is 5.73 Å². The fourth-order valence-corrected chi connectivity index (χ4v) is 5.44. The third-order valence-corrected chi connectivity index (χ3v) is 7.33. The number of nitrogens with zero attached hydrogens (tertiary/aromatic N) is 3. The second-order valence-electron chi connectivity index (χ2n) is 9.07. The number of aryl methyl sites for hydroxylation is 2. The summed E-state index contributed by atoms with van der Waals surface area (Å²) < 4.78 is 0. The normalized spacial score (nSPS) is 16.0. The number of carbonyl (C=O) groups is 1. The molecule has 3 aromatic rings. The Kier molecular flexibility index (Phi) is 5.78. The Morgan fingerprint density at radius 1 is 1.18 bits per heavy atom. The number of hydrogen-bond donors (Lipinski definition) is 2. The first kappa shape index (κ1) is 22.4. The maximum atomic E-state index is 11.9. The largest absolute Gasteiger partial charge is 0.371 e. The standard InChI is InChI=1S/C27H28ClN5O/c1-3-21-24(28)32-26(23(31-21)25(29)34)30-19-8-9-22(17(2)16-19)33-14-12-27(13-15-33)11-10-18-6-4-5-7-20(18)27/h4-11,16H,3,12-15H2,1-2H3,(H2,29,34)(H,30,32). The van der Waals surface area contributed by atoms with Crippen LogP contribution in [0.2, 0.25) is 5.15 Å². The van der Waals surface area contributed by atoms with Gasteiger partial charge in [-0.25, -0.2) is 9.97 Å². The van der Waals surface area contributed by atoms with E-state index < -0.39 is 5.91 Å². The van der Waals surface area contributed by atoms with E-state index in [0.29, 0.717) is 12.1 Å². The lowest BCUT2D eigenvalue weighted by molar-refractivity contribution is 0.0996. The Bertz CT molecular complexity index is 1290. The molecule has 0 radical (unpaired) electrons. The first-order valence-corrected chi connectivity index (χ1v) is 12.1. The number of benzene rings is 2. The third kappa shape index (κ3) is 3.92. The molecule has 0 atom stereocenters. The van der Waals surface area contributed by atoms with Crippen molar-refractivity contribution in [2.45, 2.75) is 38.5 Å². The number of rotatable bonds is 5. The number of nitrogens with one attached hydrogen (secondary N) is 1. The van der Waals surface area contributed by atoms with Crippen molar-refractivity contribution in [3.8, 4) is 0 Å². The molecule has 3 N–H and O–H groups in total. The molecular formula is C27H28ClN5O. The van der Waals surface area contributed by atoms with E-state index >= 15 is 0 Å². The molecule has 2 aliphatic rings. The Morgan fingerprint density at radius 2 is 1.94 bits per heavy atom. The van der Waals surface area contributed by atoms with Gasteiger partial charge in [0.25, 0.3) is 5.91 Å². The molecule has 1 saturated heterocycles. The van der Waals surface area contributed by atoms with Gasteiger partial charge in [0.2, 0.25) is 0 Å². The second-order valence-corrected chi connectivity index (χ2v) is 9.42. The number of amides is 1. The maximum Gasteiger partial charge on any atom is 0.271 e. The van der Waals surface area contributed by atoms with Crippen molar-refractivity contribution >= 4 is 40.8 Å². The summed E-state index contributed by atoms with van der Waals surface area (Å²) in [7, 11) is 0. The van der Waals surface area contributed by atoms with Gasteiger partial charge >= 0.3 is 0 Å². The lowest BCUT2D eigenvalue weighted by Gasteiger charge is -2.41. The molecule has 5 rings (SSSR count). The van der Waals surface area contributed by atoms with Gasteiger partial charge in [-0.05, 0) is 61.1 Å². The number of piperidine rings is 1. The zero-order chi connectivity index (χ0) is 23.9. The summed E-state index contributed by atoms with van der Waals surface area (Å²) >= 11 is 6.24. The molecule has 0 saturated carbocycles. The molecule has 0 bridgehead atoms. The van der Waals surface area contributed by atoms with E-state index in [1.165, 1.54) is 16.8 Å². The van der Waals surface area contributed by atoms with E-state index in [9.17, 15) is 4.79 Å². The number of fused-ring (bicyclic) bond motifs is 2. The number of primary amides is 1. The van der Waals surface area contributed by atoms with Gasteiger partial charge in [0, 0.05) is 29.9 Å². The van der Waals surface area contributed by atoms with E-state index in [2.05, 4.69) is 75.7 Å². The van der Waals surface area contributed by atoms with Crippen LogP contribution in [0.3, 0.4) is 0 Å². The van der Waals surface area contributed by atoms with E-state index in [4.69, 9.17) is 17.3 Å². The van der Waals surface area contributed by atoms with Crippen LogP contribution in [-0.2, 0) is 11.8 Å². The topological polar surface area (TPSA) is 84.1 Å². The van der Waals surface area contributed by atoms with Gasteiger partial charge < -0.3 is 16.0 Å². The molecule has 2 aromatic carbocycles. The zero-order valence-electron chi connectivity index (χ0n) is 19.4. The van der Waals surface area contributed by atoms with Gasteiger partial charge in [0.05, 0.1) is 5.69 Å². The summed E-state index contributed by atoms with van der Waals surface area (Å²) in [4.78, 5) is 23.0. The molecule has 1 spiro atoms. The third-order valence-electron chi connectivity index (χ3n) is 7.02. The molecule has 1 amide bonds. The Morgan fingerprint density at radius 3 is 2.65 bits per heavy atom. The molecular weight excluding hydrogens is 446 g/mol. The van der Waals surface area contributed by atoms with Crippen molar-refractivity contribution in [3.63, 3.8) is 0 Å². The number of nitrogens with two attached hydrogens (primary N) is 1. The number of allylic oxidation sites excluding steroid dienone is 1. The van der Waals surface area contributed by atoms with Gasteiger partial charge in [0.15, 0.2) is 16.7 Å². The summed E-state index contributed by atoms with van der Waals surface area (Å²) in [5.74, 6) is -0.368. The second kappa shape index (κ2) is 8.76. The first-order valence-electron chi connectivity index (χ1n) is 11.7. The van der Waals surface area contributed by atoms with E-state index in [-0.39, 0.29) is 22.1 Å². The fourth-order valence-electron chi connectivity index (χ4n) is 5.18. The summed E-state index contributed by atoms with van der Waals surface area (Å²) in [5, 5.41) is 3.45. The maximum absolute atomic E-state index is 11.9. The quantitative estimate of drug-likeness (QED) is 0.517. The predicted molar refractivity (Wildman–Crippen MR) is 138 cm³/mol. The van der Waals surface area contributed by atoms with E-state index in [1.54, 1.807) is 0 Å². The average Bonchev–Trinajstić information content (AvgIpc) is 3.18. The minimum atomic E-state index is -0.639. The van der Waals surface area contributed by atoms with Crippen LogP contribution >= 0.6 is 11.6 Å². The number of halogens is 1. The van der Waals surface area contributed by atoms with Crippen LogP contribution in [0.25, 0.3) is 6.08 Å². The Labute approximate surface area is 204 Å². The molecule has 34 heavy (non-hydrogen) atoms. The monoisotopic (exact) mass is 473 g/mol. The van der Waals surface area contributed by atoms with Gasteiger partial charge in [-0.1, -0.05) is 54.9 Å². The lowest BCUT2D eigenvalue weighted by Crippen LogP contribution is -2.41. The van der Waals surface area contributed by atoms with Crippen molar-refractivity contribution in [1.29, 1.82) is 0 Å². The van der Waals surface area contributed by atoms with Crippen LogP contribution in [0.5, 0.6) is 0 Å². The summed E-state index contributed by atoms with van der Waals surface area (Å²) in [5.41, 5.74) is 12.3. The van der Waals surface area contributed by atoms with Crippen molar-refractivity contribution in [1.82, 2.24) is 9.97 Å². The highest BCUT2D eigenvalue weighted by molar-refractivity contribution is 6.30. The van der Waals surface area contributed by atoms with Crippen LogP contribution in [0, 0.1) is 6.92 Å². The molecule has 174 valence electrons. The van der Waals surface area contributed by atoms with Gasteiger partial charge in [-0.15, -0.1) is 0 Å². The number of hydrogen-bond acceptors (Lipinski definition) is 5. The van der Waals surface area contributed by atoms with E-state index in [1.807, 2.05) is 13.0 Å². The van der Waals surface area contributed by atoms with Crippen molar-refractivity contribution in [3.05, 3.63) is 81.8 Å². The fraction of sp³-hybridized carbons (Fsp3) is 0.296. The summed E-state index contributed by atoms with van der Waals surface area (Å²) in [6, 6.07) is 14.9. The Hall–Kier alpha value is -3.38. The summed E-state index contributed by atoms with van der Waals surface area (Å²) in [6.07, 6.45) is 7.44.